The minimum Gasteiger partial charge on any atom is -0.212 e. The third kappa shape index (κ3) is 13.8. The Morgan fingerprint density at radius 1 is 0.444 bits per heavy atom. The summed E-state index contributed by atoms with van der Waals surface area (Å²) in [5.74, 6) is 0.521. The van der Waals surface area contributed by atoms with E-state index >= 15 is 0 Å². The normalized spacial score (nSPS) is 16.2. The van der Waals surface area contributed by atoms with Gasteiger partial charge < -0.3 is 0 Å². The first-order valence-electron chi connectivity index (χ1n) is 18.7. The van der Waals surface area contributed by atoms with Gasteiger partial charge in [-0.3, -0.25) is 0 Å². The van der Waals surface area contributed by atoms with Gasteiger partial charge in [0.2, 0.25) is 30.1 Å². The molecule has 4 rings (SSSR count). The van der Waals surface area contributed by atoms with Crippen molar-refractivity contribution in [1.82, 2.24) is 12.9 Å². The molecule has 3 aromatic carbocycles. The van der Waals surface area contributed by atoms with E-state index in [0.717, 1.165) is 47.9 Å². The highest BCUT2D eigenvalue weighted by atomic mass is 79.9. The predicted molar refractivity (Wildman–Crippen MR) is 227 cm³/mol. The van der Waals surface area contributed by atoms with E-state index < -0.39 is 30.1 Å². The molecule has 1 aliphatic heterocycles. The van der Waals surface area contributed by atoms with Crippen LogP contribution >= 0.6 is 31.9 Å². The molecule has 1 heterocycles. The van der Waals surface area contributed by atoms with Gasteiger partial charge in [-0.1, -0.05) is 109 Å². The maximum atomic E-state index is 14.1. The molecule has 0 unspecified atom stereocenters. The van der Waals surface area contributed by atoms with Gasteiger partial charge >= 0.3 is 0 Å². The zero-order valence-corrected chi connectivity index (χ0v) is 38.3. The first kappa shape index (κ1) is 45.1. The van der Waals surface area contributed by atoms with Crippen LogP contribution in [0.3, 0.4) is 0 Å². The number of hydrogen-bond donors (Lipinski definition) is 0. The molecular formula is C40H57Br2N3O6S3. The molecule has 3 aromatic rings. The van der Waals surface area contributed by atoms with Crippen molar-refractivity contribution in [2.75, 3.05) is 17.3 Å². The molecule has 0 N–H and O–H groups in total. The van der Waals surface area contributed by atoms with Gasteiger partial charge in [0, 0.05) is 48.2 Å². The highest BCUT2D eigenvalue weighted by molar-refractivity contribution is 9.10. The van der Waals surface area contributed by atoms with Crippen molar-refractivity contribution in [2.24, 2.45) is 17.8 Å². The predicted octanol–water partition coefficient (Wildman–Crippen LogP) is 8.97. The van der Waals surface area contributed by atoms with Gasteiger partial charge in [0.25, 0.3) is 0 Å². The molecular weight excluding hydrogens is 874 g/mol. The Morgan fingerprint density at radius 2 is 0.667 bits per heavy atom. The van der Waals surface area contributed by atoms with Crippen molar-refractivity contribution in [3.8, 4) is 0 Å². The van der Waals surface area contributed by atoms with Gasteiger partial charge in [-0.05, 0) is 102 Å². The minimum atomic E-state index is -3.74. The molecule has 0 spiro atoms. The number of sulfonamides is 3. The molecule has 0 aliphatic carbocycles. The Hall–Kier alpha value is -1.65. The summed E-state index contributed by atoms with van der Waals surface area (Å²) in [6, 6.07) is 17.2. The lowest BCUT2D eigenvalue weighted by Gasteiger charge is -2.27. The fourth-order valence-electron chi connectivity index (χ4n) is 6.45. The molecule has 0 atom stereocenters. The van der Waals surface area contributed by atoms with Crippen LogP contribution in [0.25, 0.3) is 0 Å². The van der Waals surface area contributed by atoms with Crippen LogP contribution in [0.2, 0.25) is 0 Å². The summed E-state index contributed by atoms with van der Waals surface area (Å²) in [6.45, 7) is 14.4. The maximum absolute atomic E-state index is 14.1. The van der Waals surface area contributed by atoms with E-state index in [0.29, 0.717) is 19.3 Å². The lowest BCUT2D eigenvalue weighted by Crippen LogP contribution is -2.34. The van der Waals surface area contributed by atoms with E-state index in [1.54, 1.807) is 0 Å². The Morgan fingerprint density at radius 3 is 0.889 bits per heavy atom. The zero-order valence-electron chi connectivity index (χ0n) is 32.7. The third-order valence-corrected chi connectivity index (χ3v) is 15.7. The lowest BCUT2D eigenvalue weighted by molar-refractivity contribution is 0.388. The molecule has 54 heavy (non-hydrogen) atoms. The number of rotatable bonds is 12. The molecule has 9 nitrogen and oxygen atoms in total. The Kier molecular flexibility index (Phi) is 16.0. The Balaban J connectivity index is 1.93. The third-order valence-electron chi connectivity index (χ3n) is 9.42. The largest absolute Gasteiger partial charge is 0.214 e. The van der Waals surface area contributed by atoms with Gasteiger partial charge in [0.15, 0.2) is 0 Å². The molecule has 300 valence electrons. The second kappa shape index (κ2) is 19.2. The van der Waals surface area contributed by atoms with E-state index in [1.165, 1.54) is 12.9 Å². The van der Waals surface area contributed by atoms with Gasteiger partial charge in [-0.15, -0.1) is 0 Å². The number of benzene rings is 3. The smallest absolute Gasteiger partial charge is 0.212 e. The van der Waals surface area contributed by atoms with Crippen LogP contribution in [-0.4, -0.2) is 55.4 Å². The molecule has 14 heteroatoms. The van der Waals surface area contributed by atoms with Crippen molar-refractivity contribution in [3.05, 3.63) is 102 Å². The molecule has 1 aliphatic rings. The number of aryl methyl sites for hydroxylation is 1. The second-order valence-corrected chi connectivity index (χ2v) is 24.2. The van der Waals surface area contributed by atoms with E-state index in [1.807, 2.05) is 103 Å². The summed E-state index contributed by atoms with van der Waals surface area (Å²) in [5.41, 5.74) is 5.35. The van der Waals surface area contributed by atoms with E-state index in [9.17, 15) is 25.3 Å². The topological polar surface area (TPSA) is 112 Å². The first-order valence-corrected chi connectivity index (χ1v) is 25.1. The van der Waals surface area contributed by atoms with Crippen molar-refractivity contribution < 1.29 is 25.3 Å². The maximum Gasteiger partial charge on any atom is 0.214 e. The zero-order chi connectivity index (χ0) is 40.0. The summed E-state index contributed by atoms with van der Waals surface area (Å²) < 4.78 is 90.2. The van der Waals surface area contributed by atoms with Gasteiger partial charge in [-0.2, -0.15) is 12.9 Å². The minimum absolute atomic E-state index is 0.0127. The van der Waals surface area contributed by atoms with Crippen LogP contribution in [0.5, 0.6) is 0 Å². The molecule has 0 aromatic heterocycles. The van der Waals surface area contributed by atoms with E-state index in [4.69, 9.17) is 0 Å². The summed E-state index contributed by atoms with van der Waals surface area (Å²) in [6.07, 6.45) is 1.51. The van der Waals surface area contributed by atoms with Crippen LogP contribution in [0.1, 0.15) is 99.7 Å². The monoisotopic (exact) mass is 929 g/mol. The molecule has 0 saturated carbocycles. The SMILES string of the molecule is Cc1cc2cc(c1)CN(S(=O)(=O)CCC(C)C)Cc1cc(Br)cc(c1)CN(S(=O)(=O)CCC(C)C)Cc1cc(Br)cc(c1)CN(S(=O)(=O)CCC(C)C)C2. The van der Waals surface area contributed by atoms with Crippen molar-refractivity contribution in [2.45, 2.75) is 107 Å². The summed E-state index contributed by atoms with van der Waals surface area (Å²) in [5, 5.41) is 0. The van der Waals surface area contributed by atoms with Crippen molar-refractivity contribution in [1.29, 1.82) is 0 Å². The molecule has 0 fully saturated rings. The summed E-state index contributed by atoms with van der Waals surface area (Å²) in [4.78, 5) is 0. The quantitative estimate of drug-likeness (QED) is 0.179. The van der Waals surface area contributed by atoms with Crippen molar-refractivity contribution >= 4 is 61.9 Å². The standard InChI is InChI=1S/C40H57Br2N3O6S3/c1-29(2)8-11-52(46,47)43-23-33-14-32(7)15-34(16-33)24-44(53(48,49)12-9-30(3)4)26-36-18-38(22-40(42)20-36)28-45(54(50,51)13-10-31(5)6)27-37-17-35(25-43)19-39(41)21-37/h14-22,29-31H,8-13,23-28H2,1-7H3. The fraction of sp³-hybridized carbons (Fsp3) is 0.550. The van der Waals surface area contributed by atoms with E-state index in [2.05, 4.69) is 31.9 Å². The molecule has 0 saturated heterocycles. The molecule has 0 amide bonds. The highest BCUT2D eigenvalue weighted by Gasteiger charge is 2.28. The summed E-state index contributed by atoms with van der Waals surface area (Å²) >= 11 is 7.25. The summed E-state index contributed by atoms with van der Waals surface area (Å²) in [7, 11) is -11.2. The fourth-order valence-corrected chi connectivity index (χ4v) is 12.8. The van der Waals surface area contributed by atoms with Crippen molar-refractivity contribution in [3.63, 3.8) is 0 Å². The van der Waals surface area contributed by atoms with Gasteiger partial charge in [-0.25, -0.2) is 25.3 Å². The molecule has 6 bridgehead atoms. The second-order valence-electron chi connectivity index (χ2n) is 16.1. The number of nitrogens with zero attached hydrogens (tertiary/aromatic N) is 3. The van der Waals surface area contributed by atoms with Crippen LogP contribution in [0.15, 0.2) is 63.5 Å². The molecule has 0 radical (unpaired) electrons. The van der Waals surface area contributed by atoms with Crippen LogP contribution < -0.4 is 0 Å². The number of hydrogen-bond acceptors (Lipinski definition) is 6. The average Bonchev–Trinajstić information content (AvgIpc) is 3.04. The lowest BCUT2D eigenvalue weighted by atomic mass is 10.1. The average molecular weight is 932 g/mol. The Labute approximate surface area is 342 Å². The van der Waals surface area contributed by atoms with Crippen LogP contribution in [0, 0.1) is 24.7 Å². The van der Waals surface area contributed by atoms with Crippen LogP contribution in [0.4, 0.5) is 0 Å². The first-order chi connectivity index (χ1) is 25.1. The van der Waals surface area contributed by atoms with Gasteiger partial charge in [0.1, 0.15) is 0 Å². The highest BCUT2D eigenvalue weighted by Crippen LogP contribution is 2.28. The number of fused-ring (bicyclic) bond motifs is 6. The van der Waals surface area contributed by atoms with E-state index in [-0.39, 0.29) is 74.3 Å². The Bertz CT molecular complexity index is 1780. The van der Waals surface area contributed by atoms with Gasteiger partial charge in [0.05, 0.1) is 17.3 Å². The number of halogens is 2. The van der Waals surface area contributed by atoms with Crippen LogP contribution in [-0.2, 0) is 69.3 Å².